The summed E-state index contributed by atoms with van der Waals surface area (Å²) in [6.07, 6.45) is 1.97. The van der Waals surface area contributed by atoms with E-state index < -0.39 is 0 Å². The number of rotatable bonds is 4. The summed E-state index contributed by atoms with van der Waals surface area (Å²) >= 11 is 0. The minimum Gasteiger partial charge on any atom is -0.369 e. The van der Waals surface area contributed by atoms with Crippen LogP contribution in [0.1, 0.15) is 11.7 Å². The molecule has 0 amide bonds. The Hall–Kier alpha value is -2.18. The van der Waals surface area contributed by atoms with Gasteiger partial charge in [-0.1, -0.05) is 5.16 Å². The SMILES string of the molecule is Cc1nc(CCNc2cc(=O)[nH]cn2)no1. The van der Waals surface area contributed by atoms with Gasteiger partial charge in [0.05, 0.1) is 6.33 Å². The average molecular weight is 221 g/mol. The van der Waals surface area contributed by atoms with E-state index in [0.29, 0.717) is 30.5 Å². The van der Waals surface area contributed by atoms with Gasteiger partial charge in [0, 0.05) is 26.0 Å². The summed E-state index contributed by atoms with van der Waals surface area (Å²) in [5.41, 5.74) is -0.187. The Labute approximate surface area is 90.9 Å². The lowest BCUT2D eigenvalue weighted by Gasteiger charge is -2.01. The number of H-pyrrole nitrogens is 1. The molecule has 7 heteroatoms. The molecular weight excluding hydrogens is 210 g/mol. The van der Waals surface area contributed by atoms with Gasteiger partial charge in [-0.3, -0.25) is 4.79 Å². The first kappa shape index (κ1) is 10.3. The molecule has 2 N–H and O–H groups in total. The van der Waals surface area contributed by atoms with E-state index in [1.165, 1.54) is 12.4 Å². The zero-order valence-corrected chi connectivity index (χ0v) is 8.73. The number of nitrogens with one attached hydrogen (secondary N) is 2. The Kier molecular flexibility index (Phi) is 2.95. The number of aromatic nitrogens is 4. The molecule has 0 saturated heterocycles. The molecule has 0 aliphatic carbocycles. The van der Waals surface area contributed by atoms with Gasteiger partial charge in [0.25, 0.3) is 5.56 Å². The summed E-state index contributed by atoms with van der Waals surface area (Å²) in [6.45, 7) is 2.33. The predicted molar refractivity (Wildman–Crippen MR) is 56.1 cm³/mol. The Morgan fingerprint density at radius 2 is 2.44 bits per heavy atom. The van der Waals surface area contributed by atoms with Gasteiger partial charge < -0.3 is 14.8 Å². The standard InChI is InChI=1S/C9H11N5O2/c1-6-13-7(14-16-6)2-3-10-8-4-9(15)12-5-11-8/h4-5H,2-3H2,1H3,(H2,10,11,12,15). The van der Waals surface area contributed by atoms with Gasteiger partial charge in [-0.15, -0.1) is 0 Å². The highest BCUT2D eigenvalue weighted by Crippen LogP contribution is 1.98. The zero-order valence-electron chi connectivity index (χ0n) is 8.73. The Morgan fingerprint density at radius 1 is 1.56 bits per heavy atom. The van der Waals surface area contributed by atoms with Crippen molar-refractivity contribution in [3.8, 4) is 0 Å². The molecule has 16 heavy (non-hydrogen) atoms. The molecule has 0 atom stereocenters. The molecule has 0 spiro atoms. The lowest BCUT2D eigenvalue weighted by molar-refractivity contribution is 0.387. The molecule has 0 fully saturated rings. The molecule has 0 saturated carbocycles. The van der Waals surface area contributed by atoms with Crippen molar-refractivity contribution in [2.75, 3.05) is 11.9 Å². The van der Waals surface area contributed by atoms with E-state index in [1.807, 2.05) is 0 Å². The predicted octanol–water partition coefficient (Wildman–Crippen LogP) is 0.116. The molecular formula is C9H11N5O2. The third-order valence-corrected chi connectivity index (χ3v) is 1.90. The largest absolute Gasteiger partial charge is 0.369 e. The van der Waals surface area contributed by atoms with Crippen LogP contribution >= 0.6 is 0 Å². The molecule has 0 aliphatic heterocycles. The Morgan fingerprint density at radius 3 is 3.12 bits per heavy atom. The van der Waals surface area contributed by atoms with Crippen molar-refractivity contribution in [1.82, 2.24) is 20.1 Å². The molecule has 2 heterocycles. The van der Waals surface area contributed by atoms with Gasteiger partial charge in [-0.2, -0.15) is 4.98 Å². The normalized spacial score (nSPS) is 10.3. The quantitative estimate of drug-likeness (QED) is 0.760. The van der Waals surface area contributed by atoms with E-state index >= 15 is 0 Å². The maximum Gasteiger partial charge on any atom is 0.252 e. The summed E-state index contributed by atoms with van der Waals surface area (Å²) in [7, 11) is 0. The lowest BCUT2D eigenvalue weighted by Crippen LogP contribution is -2.11. The maximum atomic E-state index is 11.0. The van der Waals surface area contributed by atoms with Crippen LogP contribution < -0.4 is 10.9 Å². The van der Waals surface area contributed by atoms with Crippen LogP contribution in [0.3, 0.4) is 0 Å². The van der Waals surface area contributed by atoms with Crippen molar-refractivity contribution < 1.29 is 4.52 Å². The maximum absolute atomic E-state index is 11.0. The first-order chi connectivity index (χ1) is 7.74. The van der Waals surface area contributed by atoms with Crippen molar-refractivity contribution >= 4 is 5.82 Å². The molecule has 2 aromatic heterocycles. The number of anilines is 1. The molecule has 0 aromatic carbocycles. The first-order valence-corrected chi connectivity index (χ1v) is 4.82. The highest BCUT2D eigenvalue weighted by atomic mass is 16.5. The monoisotopic (exact) mass is 221 g/mol. The number of nitrogens with zero attached hydrogens (tertiary/aromatic N) is 3. The van der Waals surface area contributed by atoms with Gasteiger partial charge in [0.2, 0.25) is 5.89 Å². The van der Waals surface area contributed by atoms with Crippen molar-refractivity contribution in [3.63, 3.8) is 0 Å². The van der Waals surface area contributed by atoms with Crippen molar-refractivity contribution in [2.24, 2.45) is 0 Å². The highest BCUT2D eigenvalue weighted by molar-refractivity contribution is 5.31. The van der Waals surface area contributed by atoms with Crippen molar-refractivity contribution in [1.29, 1.82) is 0 Å². The lowest BCUT2D eigenvalue weighted by atomic mass is 10.4. The van der Waals surface area contributed by atoms with Crippen LogP contribution in [0.15, 0.2) is 21.7 Å². The molecule has 84 valence electrons. The fourth-order valence-electron chi connectivity index (χ4n) is 1.21. The molecule has 2 rings (SSSR count). The minimum absolute atomic E-state index is 0.187. The van der Waals surface area contributed by atoms with Gasteiger partial charge in [0.15, 0.2) is 5.82 Å². The second-order valence-electron chi connectivity index (χ2n) is 3.20. The average Bonchev–Trinajstić information content (AvgIpc) is 2.64. The van der Waals surface area contributed by atoms with E-state index in [9.17, 15) is 4.79 Å². The summed E-state index contributed by atoms with van der Waals surface area (Å²) in [5, 5.41) is 6.74. The summed E-state index contributed by atoms with van der Waals surface area (Å²) in [4.78, 5) is 21.4. The fourth-order valence-corrected chi connectivity index (χ4v) is 1.21. The fraction of sp³-hybridized carbons (Fsp3) is 0.333. The number of hydrogen-bond acceptors (Lipinski definition) is 6. The van der Waals surface area contributed by atoms with E-state index in [-0.39, 0.29) is 5.56 Å². The Bertz CT molecular complexity index is 518. The van der Waals surface area contributed by atoms with E-state index in [2.05, 4.69) is 25.4 Å². The van der Waals surface area contributed by atoms with Crippen LogP contribution in [0.25, 0.3) is 0 Å². The third-order valence-electron chi connectivity index (χ3n) is 1.90. The van der Waals surface area contributed by atoms with Crippen molar-refractivity contribution in [2.45, 2.75) is 13.3 Å². The van der Waals surface area contributed by atoms with Gasteiger partial charge in [-0.25, -0.2) is 4.98 Å². The van der Waals surface area contributed by atoms with Crippen LogP contribution in [-0.4, -0.2) is 26.7 Å². The molecule has 0 radical (unpaired) electrons. The Balaban J connectivity index is 1.86. The summed E-state index contributed by atoms with van der Waals surface area (Å²) in [6, 6.07) is 1.39. The molecule has 2 aromatic rings. The second-order valence-corrected chi connectivity index (χ2v) is 3.20. The van der Waals surface area contributed by atoms with E-state index in [1.54, 1.807) is 6.92 Å². The highest BCUT2D eigenvalue weighted by Gasteiger charge is 2.01. The van der Waals surface area contributed by atoms with Crippen LogP contribution in [0, 0.1) is 6.92 Å². The van der Waals surface area contributed by atoms with E-state index in [0.717, 1.165) is 0 Å². The molecule has 7 nitrogen and oxygen atoms in total. The molecule has 0 unspecified atom stereocenters. The van der Waals surface area contributed by atoms with Crippen LogP contribution in [0.2, 0.25) is 0 Å². The molecule has 0 bridgehead atoms. The third kappa shape index (κ3) is 2.66. The van der Waals surface area contributed by atoms with Crippen LogP contribution in [-0.2, 0) is 6.42 Å². The number of hydrogen-bond donors (Lipinski definition) is 2. The van der Waals surface area contributed by atoms with Crippen LogP contribution in [0.5, 0.6) is 0 Å². The second kappa shape index (κ2) is 4.56. The van der Waals surface area contributed by atoms with Gasteiger partial charge in [-0.05, 0) is 0 Å². The zero-order chi connectivity index (χ0) is 11.4. The number of aryl methyl sites for hydroxylation is 1. The van der Waals surface area contributed by atoms with Crippen LogP contribution in [0.4, 0.5) is 5.82 Å². The number of aromatic amines is 1. The topological polar surface area (TPSA) is 96.7 Å². The first-order valence-electron chi connectivity index (χ1n) is 4.82. The van der Waals surface area contributed by atoms with E-state index in [4.69, 9.17) is 4.52 Å². The van der Waals surface area contributed by atoms with Gasteiger partial charge >= 0.3 is 0 Å². The minimum atomic E-state index is -0.187. The summed E-state index contributed by atoms with van der Waals surface area (Å²) < 4.78 is 4.83. The van der Waals surface area contributed by atoms with Gasteiger partial charge in [0.1, 0.15) is 5.82 Å². The summed E-state index contributed by atoms with van der Waals surface area (Å²) in [5.74, 6) is 1.71. The molecule has 0 aliphatic rings. The van der Waals surface area contributed by atoms with Crippen molar-refractivity contribution in [3.05, 3.63) is 34.5 Å². The smallest absolute Gasteiger partial charge is 0.252 e.